The molecule has 0 unspecified atom stereocenters. The molecular weight excluding hydrogens is 332 g/mol. The van der Waals surface area contributed by atoms with Crippen molar-refractivity contribution in [2.24, 2.45) is 0 Å². The molecule has 2 aromatic rings. The average Bonchev–Trinajstić information content (AvgIpc) is 2.91. The first kappa shape index (κ1) is 14.5. The van der Waals surface area contributed by atoms with Crippen molar-refractivity contribution in [3.63, 3.8) is 0 Å². The van der Waals surface area contributed by atoms with Gasteiger partial charge in [-0.2, -0.15) is 0 Å². The van der Waals surface area contributed by atoms with E-state index in [-0.39, 0.29) is 13.2 Å². The number of hydrogen-bond acceptors (Lipinski definition) is 4. The second-order valence-corrected chi connectivity index (χ2v) is 7.31. The van der Waals surface area contributed by atoms with E-state index in [0.29, 0.717) is 16.8 Å². The van der Waals surface area contributed by atoms with Crippen LogP contribution in [0.25, 0.3) is 0 Å². The maximum Gasteiger partial charge on any atom is 0.266 e. The minimum atomic E-state index is -0.255. The van der Waals surface area contributed by atoms with Gasteiger partial charge in [-0.3, -0.25) is 9.59 Å². The second kappa shape index (κ2) is 5.36. The summed E-state index contributed by atoms with van der Waals surface area (Å²) in [5.74, 6) is -0.510. The fraction of sp³-hybridized carbons (Fsp3) is 0.100. The molecule has 5 rings (SSSR count). The second-order valence-electron chi connectivity index (χ2n) is 6.18. The number of carbonyl (C=O) groups is 2. The highest BCUT2D eigenvalue weighted by Crippen LogP contribution is 2.45. The Balaban J connectivity index is 0.00000168. The minimum Gasteiger partial charge on any atom is -0.354 e. The van der Waals surface area contributed by atoms with Crippen molar-refractivity contribution < 1.29 is 11.0 Å². The zero-order chi connectivity index (χ0) is 17.0. The van der Waals surface area contributed by atoms with Crippen LogP contribution in [0.5, 0.6) is 0 Å². The molecule has 5 heteroatoms. The van der Waals surface area contributed by atoms with E-state index in [1.54, 1.807) is 36.0 Å². The van der Waals surface area contributed by atoms with E-state index in [0.717, 1.165) is 29.1 Å². The smallest absolute Gasteiger partial charge is 0.266 e. The lowest BCUT2D eigenvalue weighted by Crippen LogP contribution is -2.29. The van der Waals surface area contributed by atoms with Gasteiger partial charge in [0.2, 0.25) is 0 Å². The Bertz CT molecular complexity index is 978. The molecule has 2 aliphatic heterocycles. The highest BCUT2D eigenvalue weighted by Gasteiger charge is 2.36. The fourth-order valence-corrected chi connectivity index (χ4v) is 4.52. The van der Waals surface area contributed by atoms with Crippen molar-refractivity contribution in [1.29, 1.82) is 0 Å². The van der Waals surface area contributed by atoms with E-state index < -0.39 is 0 Å². The first-order valence-corrected chi connectivity index (χ1v) is 9.00. The molecule has 0 atom stereocenters. The van der Waals surface area contributed by atoms with Crippen LogP contribution < -0.4 is 10.2 Å². The van der Waals surface area contributed by atoms with Crippen molar-refractivity contribution in [1.82, 2.24) is 0 Å². The predicted octanol–water partition coefficient (Wildman–Crippen LogP) is 4.81. The first-order valence-electron chi connectivity index (χ1n) is 8.19. The van der Waals surface area contributed by atoms with Crippen LogP contribution in [0.2, 0.25) is 0 Å². The van der Waals surface area contributed by atoms with Crippen molar-refractivity contribution in [3.05, 3.63) is 76.3 Å². The van der Waals surface area contributed by atoms with Gasteiger partial charge in [0.05, 0.1) is 22.5 Å². The van der Waals surface area contributed by atoms with Gasteiger partial charge in [-0.05, 0) is 49.2 Å². The Morgan fingerprint density at radius 1 is 1.04 bits per heavy atom. The molecule has 0 aromatic heterocycles. The number of thioether (sulfide) groups is 1. The average molecular weight is 348 g/mol. The Kier molecular flexibility index (Phi) is 3.12. The van der Waals surface area contributed by atoms with E-state index in [1.807, 2.05) is 18.2 Å². The summed E-state index contributed by atoms with van der Waals surface area (Å²) in [5.41, 5.74) is 3.72. The van der Waals surface area contributed by atoms with Crippen molar-refractivity contribution in [3.8, 4) is 0 Å². The third kappa shape index (κ3) is 2.16. The van der Waals surface area contributed by atoms with Crippen LogP contribution >= 0.6 is 11.8 Å². The quantitative estimate of drug-likeness (QED) is 0.751. The van der Waals surface area contributed by atoms with Gasteiger partial charge in [0, 0.05) is 16.9 Å². The molecule has 2 heterocycles. The number of benzene rings is 2. The van der Waals surface area contributed by atoms with E-state index in [9.17, 15) is 9.59 Å². The third-order valence-corrected chi connectivity index (χ3v) is 5.87. The van der Waals surface area contributed by atoms with Crippen LogP contribution in [0.1, 0.15) is 35.0 Å². The standard InChI is InChI=1S/C20H14N2O2S.H2/c23-19-13-5-1-2-6-14(13)20(24)22(19)12-9-10-16-18(11-12)25-17-8-4-3-7-15(17)21-16;/h1-3,5-7,9-11,21H,4,8H2;1H. The Hall–Kier alpha value is -2.79. The summed E-state index contributed by atoms with van der Waals surface area (Å²) in [4.78, 5) is 29.0. The molecule has 0 bridgehead atoms. The van der Waals surface area contributed by atoms with Gasteiger partial charge in [-0.25, -0.2) is 4.90 Å². The lowest BCUT2D eigenvalue weighted by molar-refractivity contribution is 0.0926. The Morgan fingerprint density at radius 3 is 2.56 bits per heavy atom. The number of carbonyl (C=O) groups excluding carboxylic acids is 2. The summed E-state index contributed by atoms with van der Waals surface area (Å²) >= 11 is 1.72. The molecule has 4 nitrogen and oxygen atoms in total. The summed E-state index contributed by atoms with van der Waals surface area (Å²) in [6, 6.07) is 12.7. The number of imide groups is 1. The summed E-state index contributed by atoms with van der Waals surface area (Å²) in [7, 11) is 0. The number of rotatable bonds is 1. The summed E-state index contributed by atoms with van der Waals surface area (Å²) in [6.45, 7) is 0. The molecule has 0 spiro atoms. The maximum atomic E-state index is 12.7. The number of anilines is 2. The first-order chi connectivity index (χ1) is 12.2. The normalized spacial score (nSPS) is 18.0. The molecule has 1 aliphatic carbocycles. The topological polar surface area (TPSA) is 49.4 Å². The van der Waals surface area contributed by atoms with Gasteiger partial charge in [-0.15, -0.1) is 0 Å². The summed E-state index contributed by atoms with van der Waals surface area (Å²) in [5, 5.41) is 3.44. The van der Waals surface area contributed by atoms with Crippen LogP contribution in [0.4, 0.5) is 11.4 Å². The number of fused-ring (bicyclic) bond motifs is 2. The predicted molar refractivity (Wildman–Crippen MR) is 101 cm³/mol. The Labute approximate surface area is 150 Å². The van der Waals surface area contributed by atoms with Gasteiger partial charge in [-0.1, -0.05) is 30.0 Å². The number of nitrogens with one attached hydrogen (secondary N) is 1. The Morgan fingerprint density at radius 2 is 1.80 bits per heavy atom. The van der Waals surface area contributed by atoms with Crippen LogP contribution in [0.15, 0.2) is 70.1 Å². The molecule has 25 heavy (non-hydrogen) atoms. The molecule has 3 aliphatic rings. The van der Waals surface area contributed by atoms with Crippen molar-refractivity contribution >= 4 is 35.0 Å². The van der Waals surface area contributed by atoms with Gasteiger partial charge >= 0.3 is 0 Å². The molecule has 124 valence electrons. The molecule has 0 saturated heterocycles. The van der Waals surface area contributed by atoms with E-state index in [4.69, 9.17) is 0 Å². The number of hydrogen-bond donors (Lipinski definition) is 1. The van der Waals surface area contributed by atoms with Crippen LogP contribution in [0, 0.1) is 0 Å². The number of nitrogens with zero attached hydrogens (tertiary/aromatic N) is 1. The lowest BCUT2D eigenvalue weighted by Gasteiger charge is -2.25. The molecular formula is C20H16N2O2S. The minimum absolute atomic E-state index is 0. The van der Waals surface area contributed by atoms with Crippen LogP contribution in [-0.2, 0) is 0 Å². The van der Waals surface area contributed by atoms with Crippen LogP contribution in [0.3, 0.4) is 0 Å². The maximum absolute atomic E-state index is 12.7. The van der Waals surface area contributed by atoms with Gasteiger partial charge in [0.25, 0.3) is 11.8 Å². The van der Waals surface area contributed by atoms with Crippen molar-refractivity contribution in [2.75, 3.05) is 10.2 Å². The molecule has 1 N–H and O–H groups in total. The van der Waals surface area contributed by atoms with E-state index in [2.05, 4.69) is 17.5 Å². The lowest BCUT2D eigenvalue weighted by atomic mass is 10.1. The zero-order valence-corrected chi connectivity index (χ0v) is 14.1. The highest BCUT2D eigenvalue weighted by molar-refractivity contribution is 8.03. The summed E-state index contributed by atoms with van der Waals surface area (Å²) < 4.78 is 0. The molecule has 0 radical (unpaired) electrons. The molecule has 0 saturated carbocycles. The SMILES string of the molecule is O=C1c2ccccc2C(=O)N1c1ccc2c(c1)SC1=C(C=CCC1)N2.[HH]. The van der Waals surface area contributed by atoms with Gasteiger partial charge in [0.15, 0.2) is 0 Å². The third-order valence-electron chi connectivity index (χ3n) is 4.64. The molecule has 2 aromatic carbocycles. The van der Waals surface area contributed by atoms with E-state index in [1.165, 1.54) is 9.81 Å². The van der Waals surface area contributed by atoms with E-state index >= 15 is 0 Å². The number of allylic oxidation sites excluding steroid dienone is 3. The van der Waals surface area contributed by atoms with Gasteiger partial charge < -0.3 is 5.32 Å². The largest absolute Gasteiger partial charge is 0.354 e. The zero-order valence-electron chi connectivity index (χ0n) is 13.3. The highest BCUT2D eigenvalue weighted by atomic mass is 32.2. The fourth-order valence-electron chi connectivity index (χ4n) is 3.40. The van der Waals surface area contributed by atoms with Crippen LogP contribution in [-0.4, -0.2) is 11.8 Å². The van der Waals surface area contributed by atoms with Gasteiger partial charge in [0.1, 0.15) is 0 Å². The monoisotopic (exact) mass is 348 g/mol. The number of amides is 2. The molecule has 2 amide bonds. The summed E-state index contributed by atoms with van der Waals surface area (Å²) in [6.07, 6.45) is 6.35. The van der Waals surface area contributed by atoms with Crippen molar-refractivity contribution in [2.45, 2.75) is 17.7 Å². The molecule has 0 fully saturated rings.